The molecule has 21 heavy (non-hydrogen) atoms. The Morgan fingerprint density at radius 1 is 1.29 bits per heavy atom. The number of benzene rings is 1. The van der Waals surface area contributed by atoms with E-state index in [1.165, 1.54) is 7.11 Å². The van der Waals surface area contributed by atoms with E-state index in [-0.39, 0.29) is 12.5 Å². The molecule has 0 bridgehead atoms. The molecule has 0 aliphatic heterocycles. The molecule has 112 valence electrons. The molecule has 1 aromatic rings. The summed E-state index contributed by atoms with van der Waals surface area (Å²) in [5.74, 6) is 4.29. The molecular weight excluding hydrogens is 270 g/mol. The maximum atomic E-state index is 11.8. The molecule has 0 radical (unpaired) electrons. The average Bonchev–Trinajstić information content (AvgIpc) is 2.51. The summed E-state index contributed by atoms with van der Waals surface area (Å²) in [6.07, 6.45) is 0.413. The maximum Gasteiger partial charge on any atom is 0.310 e. The Morgan fingerprint density at radius 2 is 2.00 bits per heavy atom. The van der Waals surface area contributed by atoms with Crippen molar-refractivity contribution in [1.82, 2.24) is 5.32 Å². The fourth-order valence-corrected chi connectivity index (χ4v) is 1.92. The van der Waals surface area contributed by atoms with Crippen LogP contribution in [0.5, 0.6) is 5.75 Å². The van der Waals surface area contributed by atoms with Crippen molar-refractivity contribution in [1.29, 1.82) is 0 Å². The fourth-order valence-electron chi connectivity index (χ4n) is 1.92. The summed E-state index contributed by atoms with van der Waals surface area (Å²) in [5.41, 5.74) is 0.881. The highest BCUT2D eigenvalue weighted by atomic mass is 16.5. The Balaban J connectivity index is 2.80. The van der Waals surface area contributed by atoms with E-state index >= 15 is 0 Å². The van der Waals surface area contributed by atoms with Gasteiger partial charge in [-0.1, -0.05) is 24.1 Å². The molecule has 1 aromatic carbocycles. The standard InChI is InChI=1S/C16H19NO4/c1-4-7-15(18)17-11-13(16(19)21-3)10-12-8-5-6-9-14(12)20-2/h5-6,8-9,13H,10-11H2,1-3H3,(H,17,18)/t13-/m0/s1. The highest BCUT2D eigenvalue weighted by Crippen LogP contribution is 2.21. The van der Waals surface area contributed by atoms with Gasteiger partial charge in [0.15, 0.2) is 0 Å². The molecule has 1 rings (SSSR count). The number of para-hydroxylation sites is 1. The van der Waals surface area contributed by atoms with Gasteiger partial charge >= 0.3 is 5.97 Å². The van der Waals surface area contributed by atoms with E-state index in [9.17, 15) is 9.59 Å². The van der Waals surface area contributed by atoms with Gasteiger partial charge in [0.25, 0.3) is 5.91 Å². The van der Waals surface area contributed by atoms with Crippen LogP contribution in [0.1, 0.15) is 12.5 Å². The number of carbonyl (C=O) groups excluding carboxylic acids is 2. The largest absolute Gasteiger partial charge is 0.496 e. The molecule has 0 fully saturated rings. The van der Waals surface area contributed by atoms with Gasteiger partial charge in [-0.15, -0.1) is 0 Å². The zero-order valence-electron chi connectivity index (χ0n) is 12.4. The maximum absolute atomic E-state index is 11.8. The van der Waals surface area contributed by atoms with E-state index in [0.29, 0.717) is 12.2 Å². The second kappa shape index (κ2) is 8.64. The third-order valence-corrected chi connectivity index (χ3v) is 2.94. The molecule has 0 saturated carbocycles. The van der Waals surface area contributed by atoms with Gasteiger partial charge < -0.3 is 14.8 Å². The quantitative estimate of drug-likeness (QED) is 0.630. The predicted octanol–water partition coefficient (Wildman–Crippen LogP) is 1.17. The summed E-state index contributed by atoms with van der Waals surface area (Å²) in [5, 5.41) is 2.60. The van der Waals surface area contributed by atoms with Crippen LogP contribution in [0.4, 0.5) is 0 Å². The average molecular weight is 289 g/mol. The SMILES string of the molecule is CC#CC(=O)NC[C@H](Cc1ccccc1OC)C(=O)OC. The minimum absolute atomic E-state index is 0.165. The fraction of sp³-hybridized carbons (Fsp3) is 0.375. The van der Waals surface area contributed by atoms with E-state index in [1.807, 2.05) is 24.3 Å². The Morgan fingerprint density at radius 3 is 2.62 bits per heavy atom. The van der Waals surface area contributed by atoms with Crippen LogP contribution in [0.2, 0.25) is 0 Å². The summed E-state index contributed by atoms with van der Waals surface area (Å²) in [7, 11) is 2.90. The van der Waals surface area contributed by atoms with Gasteiger partial charge in [-0.2, -0.15) is 0 Å². The summed E-state index contributed by atoms with van der Waals surface area (Å²) in [4.78, 5) is 23.2. The lowest BCUT2D eigenvalue weighted by molar-refractivity contribution is -0.145. The first kappa shape index (κ1) is 16.6. The van der Waals surface area contributed by atoms with Gasteiger partial charge in [0.05, 0.1) is 20.1 Å². The minimum Gasteiger partial charge on any atom is -0.496 e. The molecule has 0 spiro atoms. The third-order valence-electron chi connectivity index (χ3n) is 2.94. The molecule has 0 aliphatic rings. The molecule has 0 heterocycles. The second-order valence-corrected chi connectivity index (χ2v) is 4.32. The molecular formula is C16H19NO4. The van der Waals surface area contributed by atoms with Gasteiger partial charge in [0.2, 0.25) is 0 Å². The van der Waals surface area contributed by atoms with Crippen molar-refractivity contribution in [2.75, 3.05) is 20.8 Å². The van der Waals surface area contributed by atoms with Crippen LogP contribution in [0.25, 0.3) is 0 Å². The number of hydrogen-bond donors (Lipinski definition) is 1. The zero-order valence-corrected chi connectivity index (χ0v) is 12.4. The molecule has 1 N–H and O–H groups in total. The summed E-state index contributed by atoms with van der Waals surface area (Å²) >= 11 is 0. The number of ether oxygens (including phenoxy) is 2. The number of rotatable bonds is 6. The van der Waals surface area contributed by atoms with Crippen molar-refractivity contribution in [3.8, 4) is 17.6 Å². The minimum atomic E-state index is -0.492. The number of nitrogens with one attached hydrogen (secondary N) is 1. The van der Waals surface area contributed by atoms with Crippen LogP contribution in [0.15, 0.2) is 24.3 Å². The highest BCUT2D eigenvalue weighted by Gasteiger charge is 2.21. The Bertz CT molecular complexity index is 557. The number of methoxy groups -OCH3 is 2. The Hall–Kier alpha value is -2.48. The van der Waals surface area contributed by atoms with E-state index in [0.717, 1.165) is 5.56 Å². The number of hydrogen-bond acceptors (Lipinski definition) is 4. The van der Waals surface area contributed by atoms with E-state index in [4.69, 9.17) is 9.47 Å². The molecule has 1 atom stereocenters. The Kier molecular flexibility index (Phi) is 6.82. The predicted molar refractivity (Wildman–Crippen MR) is 78.7 cm³/mol. The van der Waals surface area contributed by atoms with Crippen molar-refractivity contribution < 1.29 is 19.1 Å². The number of esters is 1. The van der Waals surface area contributed by atoms with E-state index in [1.54, 1.807) is 14.0 Å². The van der Waals surface area contributed by atoms with Crippen LogP contribution >= 0.6 is 0 Å². The first-order valence-corrected chi connectivity index (χ1v) is 6.52. The van der Waals surface area contributed by atoms with Crippen molar-refractivity contribution in [3.63, 3.8) is 0 Å². The topological polar surface area (TPSA) is 64.6 Å². The molecule has 0 saturated heterocycles. The van der Waals surface area contributed by atoms with Crippen LogP contribution in [0, 0.1) is 17.8 Å². The lowest BCUT2D eigenvalue weighted by Gasteiger charge is -2.16. The van der Waals surface area contributed by atoms with Gasteiger partial charge in [0.1, 0.15) is 5.75 Å². The van der Waals surface area contributed by atoms with E-state index in [2.05, 4.69) is 17.2 Å². The van der Waals surface area contributed by atoms with Gasteiger partial charge in [0, 0.05) is 6.54 Å². The molecule has 1 amide bonds. The lowest BCUT2D eigenvalue weighted by atomic mass is 9.98. The number of amides is 1. The first-order chi connectivity index (χ1) is 10.1. The summed E-state index contributed by atoms with van der Waals surface area (Å²) in [6, 6.07) is 7.43. The second-order valence-electron chi connectivity index (χ2n) is 4.32. The molecule has 0 unspecified atom stereocenters. The van der Waals surface area contributed by atoms with Crippen molar-refractivity contribution in [2.24, 2.45) is 5.92 Å². The van der Waals surface area contributed by atoms with Crippen LogP contribution in [0.3, 0.4) is 0 Å². The van der Waals surface area contributed by atoms with Gasteiger partial charge in [-0.05, 0) is 30.9 Å². The number of carbonyl (C=O) groups is 2. The lowest BCUT2D eigenvalue weighted by Crippen LogP contribution is -2.34. The van der Waals surface area contributed by atoms with E-state index < -0.39 is 11.8 Å². The van der Waals surface area contributed by atoms with Crippen molar-refractivity contribution in [3.05, 3.63) is 29.8 Å². The van der Waals surface area contributed by atoms with Gasteiger partial charge in [-0.3, -0.25) is 9.59 Å². The molecule has 5 heteroatoms. The summed E-state index contributed by atoms with van der Waals surface area (Å²) in [6.45, 7) is 1.74. The normalized spacial score (nSPS) is 10.8. The molecule has 0 aliphatic carbocycles. The molecule has 5 nitrogen and oxygen atoms in total. The summed E-state index contributed by atoms with van der Waals surface area (Å²) < 4.78 is 10.0. The van der Waals surface area contributed by atoms with Crippen LogP contribution in [-0.2, 0) is 20.7 Å². The Labute approximate surface area is 124 Å². The third kappa shape index (κ3) is 5.19. The van der Waals surface area contributed by atoms with Crippen LogP contribution in [-0.4, -0.2) is 32.6 Å². The zero-order chi connectivity index (χ0) is 15.7. The van der Waals surface area contributed by atoms with Crippen LogP contribution < -0.4 is 10.1 Å². The van der Waals surface area contributed by atoms with Gasteiger partial charge in [-0.25, -0.2) is 0 Å². The van der Waals surface area contributed by atoms with Crippen molar-refractivity contribution >= 4 is 11.9 Å². The first-order valence-electron chi connectivity index (χ1n) is 6.52. The highest BCUT2D eigenvalue weighted by molar-refractivity contribution is 5.93. The monoisotopic (exact) mass is 289 g/mol. The molecule has 0 aromatic heterocycles. The smallest absolute Gasteiger partial charge is 0.310 e. The van der Waals surface area contributed by atoms with Crippen molar-refractivity contribution in [2.45, 2.75) is 13.3 Å².